The maximum absolute atomic E-state index is 5.98. The number of ether oxygens (including phenoxy) is 2. The molecule has 1 aliphatic rings. The second-order valence-electron chi connectivity index (χ2n) is 2.81. The van der Waals surface area contributed by atoms with Crippen LogP contribution in [0.2, 0.25) is 10.0 Å². The molecule has 1 aromatic rings. The summed E-state index contributed by atoms with van der Waals surface area (Å²) in [5, 5.41) is 0.873. The van der Waals surface area contributed by atoms with Crippen molar-refractivity contribution in [3.05, 3.63) is 21.7 Å². The van der Waals surface area contributed by atoms with Crippen LogP contribution < -0.4 is 9.47 Å². The average Bonchev–Trinajstić information content (AvgIpc) is 2.20. The predicted molar refractivity (Wildman–Crippen MR) is 57.0 cm³/mol. The first-order valence-electron chi connectivity index (χ1n) is 4.06. The molecule has 0 aliphatic carbocycles. The summed E-state index contributed by atoms with van der Waals surface area (Å²) in [6.07, 6.45) is 0. The first-order valence-corrected chi connectivity index (χ1v) is 5.35. The van der Waals surface area contributed by atoms with Crippen molar-refractivity contribution in [3.63, 3.8) is 0 Å². The van der Waals surface area contributed by atoms with Gasteiger partial charge in [-0.05, 0) is 0 Å². The van der Waals surface area contributed by atoms with Crippen molar-refractivity contribution in [2.75, 3.05) is 13.2 Å². The minimum atomic E-state index is 0.255. The Kier molecular flexibility index (Phi) is 2.96. The van der Waals surface area contributed by atoms with E-state index in [9.17, 15) is 0 Å². The highest BCUT2D eigenvalue weighted by atomic mass is 35.5. The van der Waals surface area contributed by atoms with Gasteiger partial charge in [-0.2, -0.15) is 0 Å². The van der Waals surface area contributed by atoms with Crippen LogP contribution in [-0.4, -0.2) is 13.2 Å². The number of alkyl halides is 1. The molecule has 1 aliphatic heterocycles. The SMILES string of the molecule is ClCc1c(Cl)c(Cl)cc2c1OCCO2. The van der Waals surface area contributed by atoms with Crippen LogP contribution in [0.1, 0.15) is 5.56 Å². The third-order valence-corrected chi connectivity index (χ3v) is 3.05. The average molecular weight is 254 g/mol. The van der Waals surface area contributed by atoms with E-state index in [1.165, 1.54) is 0 Å². The fourth-order valence-corrected chi connectivity index (χ4v) is 2.06. The number of hydrogen-bond acceptors (Lipinski definition) is 2. The smallest absolute Gasteiger partial charge is 0.167 e. The van der Waals surface area contributed by atoms with Gasteiger partial charge in [0.25, 0.3) is 0 Å². The van der Waals surface area contributed by atoms with Gasteiger partial charge in [-0.25, -0.2) is 0 Å². The van der Waals surface area contributed by atoms with Crippen molar-refractivity contribution in [3.8, 4) is 11.5 Å². The van der Waals surface area contributed by atoms with Crippen LogP contribution in [0.3, 0.4) is 0 Å². The second-order valence-corrected chi connectivity index (χ2v) is 3.86. The summed E-state index contributed by atoms with van der Waals surface area (Å²) >= 11 is 17.6. The summed E-state index contributed by atoms with van der Waals surface area (Å²) in [4.78, 5) is 0. The Morgan fingerprint density at radius 1 is 1.21 bits per heavy atom. The zero-order valence-electron chi connectivity index (χ0n) is 7.15. The molecule has 76 valence electrons. The van der Waals surface area contributed by atoms with E-state index < -0.39 is 0 Å². The molecule has 0 aromatic heterocycles. The van der Waals surface area contributed by atoms with Gasteiger partial charge in [0.15, 0.2) is 11.5 Å². The lowest BCUT2D eigenvalue weighted by Crippen LogP contribution is -2.16. The lowest BCUT2D eigenvalue weighted by Gasteiger charge is -2.21. The molecule has 0 bridgehead atoms. The lowest BCUT2D eigenvalue weighted by atomic mass is 10.2. The molecule has 0 fully saturated rings. The van der Waals surface area contributed by atoms with Crippen LogP contribution in [-0.2, 0) is 5.88 Å². The molecule has 0 saturated heterocycles. The molecule has 0 N–H and O–H groups in total. The molecule has 1 aromatic carbocycles. The van der Waals surface area contributed by atoms with Crippen molar-refractivity contribution < 1.29 is 9.47 Å². The fourth-order valence-electron chi connectivity index (χ4n) is 1.32. The molecule has 1 heterocycles. The minimum Gasteiger partial charge on any atom is -0.486 e. The molecule has 0 saturated carbocycles. The molecule has 2 rings (SSSR count). The quantitative estimate of drug-likeness (QED) is 0.713. The maximum Gasteiger partial charge on any atom is 0.167 e. The van der Waals surface area contributed by atoms with Gasteiger partial charge in [0, 0.05) is 11.6 Å². The number of rotatable bonds is 1. The van der Waals surface area contributed by atoms with E-state index in [1.54, 1.807) is 6.07 Å². The molecule has 0 unspecified atom stereocenters. The van der Waals surface area contributed by atoms with Gasteiger partial charge in [0.2, 0.25) is 0 Å². The van der Waals surface area contributed by atoms with E-state index in [2.05, 4.69) is 0 Å². The van der Waals surface area contributed by atoms with E-state index in [4.69, 9.17) is 44.3 Å². The first-order chi connectivity index (χ1) is 6.74. The number of benzene rings is 1. The second kappa shape index (κ2) is 4.05. The highest BCUT2D eigenvalue weighted by molar-refractivity contribution is 6.43. The van der Waals surface area contributed by atoms with Gasteiger partial charge in [-0.1, -0.05) is 23.2 Å². The molecule has 0 amide bonds. The fraction of sp³-hybridized carbons (Fsp3) is 0.333. The van der Waals surface area contributed by atoms with Gasteiger partial charge in [-0.15, -0.1) is 11.6 Å². The normalized spacial score (nSPS) is 14.2. The van der Waals surface area contributed by atoms with Crippen molar-refractivity contribution in [2.45, 2.75) is 5.88 Å². The molecule has 5 heteroatoms. The van der Waals surface area contributed by atoms with Crippen LogP contribution in [0.15, 0.2) is 6.07 Å². The monoisotopic (exact) mass is 252 g/mol. The van der Waals surface area contributed by atoms with Gasteiger partial charge in [-0.3, -0.25) is 0 Å². The summed E-state index contributed by atoms with van der Waals surface area (Å²) in [6.45, 7) is 1.03. The number of hydrogen-bond donors (Lipinski definition) is 0. The molecule has 2 nitrogen and oxygen atoms in total. The van der Waals surface area contributed by atoms with Gasteiger partial charge < -0.3 is 9.47 Å². The molecular weight excluding hydrogens is 246 g/mol. The highest BCUT2D eigenvalue weighted by Crippen LogP contribution is 2.42. The summed E-state index contributed by atoms with van der Waals surface area (Å²) in [5.74, 6) is 1.48. The van der Waals surface area contributed by atoms with E-state index >= 15 is 0 Å². The molecular formula is C9H7Cl3O2. The molecule has 0 radical (unpaired) electrons. The van der Waals surface area contributed by atoms with E-state index in [0.717, 1.165) is 0 Å². The summed E-state index contributed by atoms with van der Waals surface area (Å²) in [6, 6.07) is 1.65. The lowest BCUT2D eigenvalue weighted by molar-refractivity contribution is 0.170. The van der Waals surface area contributed by atoms with Crippen molar-refractivity contribution in [1.29, 1.82) is 0 Å². The van der Waals surface area contributed by atoms with Gasteiger partial charge in [0.05, 0.1) is 15.9 Å². The molecule has 14 heavy (non-hydrogen) atoms. The minimum absolute atomic E-state index is 0.255. The van der Waals surface area contributed by atoms with Crippen LogP contribution in [0.4, 0.5) is 0 Å². The van der Waals surface area contributed by atoms with Crippen molar-refractivity contribution in [2.24, 2.45) is 0 Å². The predicted octanol–water partition coefficient (Wildman–Crippen LogP) is 3.50. The van der Waals surface area contributed by atoms with Crippen LogP contribution in [0, 0.1) is 0 Å². The Balaban J connectivity index is 2.60. The first kappa shape index (κ1) is 10.2. The van der Waals surface area contributed by atoms with Crippen LogP contribution in [0.5, 0.6) is 11.5 Å². The van der Waals surface area contributed by atoms with Crippen molar-refractivity contribution >= 4 is 34.8 Å². The van der Waals surface area contributed by atoms with Crippen LogP contribution >= 0.6 is 34.8 Å². The Morgan fingerprint density at radius 3 is 2.64 bits per heavy atom. The molecule has 0 atom stereocenters. The van der Waals surface area contributed by atoms with E-state index in [0.29, 0.717) is 40.3 Å². The standard InChI is InChI=1S/C9H7Cl3O2/c10-4-5-8(12)6(11)3-7-9(5)14-2-1-13-7/h3H,1-2,4H2. The summed E-state index contributed by atoms with van der Waals surface area (Å²) in [7, 11) is 0. The summed E-state index contributed by atoms with van der Waals surface area (Å²) < 4.78 is 10.8. The maximum atomic E-state index is 5.98. The highest BCUT2D eigenvalue weighted by Gasteiger charge is 2.20. The van der Waals surface area contributed by atoms with E-state index in [-0.39, 0.29) is 5.88 Å². The van der Waals surface area contributed by atoms with Crippen LogP contribution in [0.25, 0.3) is 0 Å². The Bertz CT molecular complexity index is 366. The number of halogens is 3. The third kappa shape index (κ3) is 1.62. The zero-order valence-corrected chi connectivity index (χ0v) is 9.42. The topological polar surface area (TPSA) is 18.5 Å². The Morgan fingerprint density at radius 2 is 1.93 bits per heavy atom. The van der Waals surface area contributed by atoms with Crippen molar-refractivity contribution in [1.82, 2.24) is 0 Å². The van der Waals surface area contributed by atoms with Gasteiger partial charge in [0.1, 0.15) is 13.2 Å². The Labute approximate surface area is 96.7 Å². The summed E-state index contributed by atoms with van der Waals surface area (Å²) in [5.41, 5.74) is 0.690. The molecule has 0 spiro atoms. The van der Waals surface area contributed by atoms with Gasteiger partial charge >= 0.3 is 0 Å². The Hall–Kier alpha value is -0.310. The largest absolute Gasteiger partial charge is 0.486 e. The van der Waals surface area contributed by atoms with E-state index in [1.807, 2.05) is 0 Å². The number of fused-ring (bicyclic) bond motifs is 1. The third-order valence-electron chi connectivity index (χ3n) is 1.95. The zero-order chi connectivity index (χ0) is 10.1.